The molecule has 176 valence electrons. The Morgan fingerprint density at radius 3 is 1.97 bits per heavy atom. The van der Waals surface area contributed by atoms with Gasteiger partial charge in [0, 0.05) is 18.9 Å². The monoisotopic (exact) mass is 461 g/mol. The Morgan fingerprint density at radius 2 is 1.38 bits per heavy atom. The number of carbonyl (C=O) groups excluding carboxylic acids is 1. The van der Waals surface area contributed by atoms with Gasteiger partial charge in [-0.25, -0.2) is 4.79 Å². The van der Waals surface area contributed by atoms with Crippen LogP contribution in [-0.2, 0) is 20.8 Å². The van der Waals surface area contributed by atoms with Crippen LogP contribution in [0.1, 0.15) is 18.4 Å². The average Bonchev–Trinajstić information content (AvgIpc) is 2.84. The van der Waals surface area contributed by atoms with Gasteiger partial charge in [0.2, 0.25) is 5.91 Å². The SMILES string of the molecule is O=C(O)CCNC(=O)[C@@H](Cc1ccc(-c2ccccc2)cc1)C[C@@H](Oc1ccccc1)C(=O)O. The highest BCUT2D eigenvalue weighted by molar-refractivity contribution is 5.81. The molecule has 7 heteroatoms. The van der Waals surface area contributed by atoms with E-state index in [9.17, 15) is 19.5 Å². The van der Waals surface area contributed by atoms with Crippen molar-refractivity contribution in [2.45, 2.75) is 25.4 Å². The van der Waals surface area contributed by atoms with Crippen LogP contribution in [0.15, 0.2) is 84.9 Å². The lowest BCUT2D eigenvalue weighted by Crippen LogP contribution is -2.38. The van der Waals surface area contributed by atoms with Gasteiger partial charge in [-0.15, -0.1) is 0 Å². The summed E-state index contributed by atoms with van der Waals surface area (Å²) in [6.45, 7) is -0.0328. The molecule has 0 spiro atoms. The van der Waals surface area contributed by atoms with Crippen LogP contribution in [0.3, 0.4) is 0 Å². The number of hydrogen-bond donors (Lipinski definition) is 3. The number of carboxylic acids is 2. The first-order chi connectivity index (χ1) is 16.4. The van der Waals surface area contributed by atoms with Crippen LogP contribution in [0, 0.1) is 5.92 Å². The number of nitrogens with one attached hydrogen (secondary N) is 1. The quantitative estimate of drug-likeness (QED) is 0.375. The molecule has 0 fully saturated rings. The first-order valence-corrected chi connectivity index (χ1v) is 11.0. The van der Waals surface area contributed by atoms with Crippen molar-refractivity contribution in [1.29, 1.82) is 0 Å². The molecule has 0 heterocycles. The highest BCUT2D eigenvalue weighted by atomic mass is 16.5. The summed E-state index contributed by atoms with van der Waals surface area (Å²) in [4.78, 5) is 35.6. The summed E-state index contributed by atoms with van der Waals surface area (Å²) in [5.74, 6) is -2.93. The molecular weight excluding hydrogens is 434 g/mol. The lowest BCUT2D eigenvalue weighted by Gasteiger charge is -2.22. The molecule has 0 aromatic heterocycles. The normalized spacial score (nSPS) is 12.4. The molecule has 0 radical (unpaired) electrons. The van der Waals surface area contributed by atoms with E-state index in [0.29, 0.717) is 5.75 Å². The van der Waals surface area contributed by atoms with Gasteiger partial charge in [-0.3, -0.25) is 9.59 Å². The predicted molar refractivity (Wildman–Crippen MR) is 127 cm³/mol. The number of para-hydroxylation sites is 1. The van der Waals surface area contributed by atoms with E-state index in [1.54, 1.807) is 30.3 Å². The first kappa shape index (κ1) is 24.5. The molecule has 3 rings (SSSR count). The lowest BCUT2D eigenvalue weighted by atomic mass is 9.91. The number of carboxylic acid groups (broad SMARTS) is 2. The summed E-state index contributed by atoms with van der Waals surface area (Å²) in [6, 6.07) is 26.2. The summed E-state index contributed by atoms with van der Waals surface area (Å²) in [6.07, 6.45) is -1.23. The summed E-state index contributed by atoms with van der Waals surface area (Å²) in [7, 11) is 0. The molecule has 0 aliphatic heterocycles. The van der Waals surface area contributed by atoms with Gasteiger partial charge in [0.15, 0.2) is 6.10 Å². The van der Waals surface area contributed by atoms with E-state index in [0.717, 1.165) is 16.7 Å². The lowest BCUT2D eigenvalue weighted by molar-refractivity contribution is -0.146. The molecule has 0 saturated heterocycles. The van der Waals surface area contributed by atoms with Gasteiger partial charge in [-0.1, -0.05) is 72.8 Å². The Balaban J connectivity index is 1.76. The standard InChI is InChI=1S/C27H27NO6/c29-25(30)15-16-28-26(31)22(18-24(27(32)33)34-23-9-5-2-6-10-23)17-19-11-13-21(14-12-19)20-7-3-1-4-8-20/h1-14,22,24H,15-18H2,(H,28,31)(H,29,30)(H,32,33)/t22-,24+/m0/s1. The molecule has 0 aliphatic carbocycles. The molecule has 2 atom stereocenters. The molecular formula is C27H27NO6. The molecule has 34 heavy (non-hydrogen) atoms. The van der Waals surface area contributed by atoms with Crippen molar-refractivity contribution in [1.82, 2.24) is 5.32 Å². The van der Waals surface area contributed by atoms with Gasteiger partial charge >= 0.3 is 11.9 Å². The molecule has 3 aromatic carbocycles. The number of hydrogen-bond acceptors (Lipinski definition) is 4. The molecule has 0 unspecified atom stereocenters. The van der Waals surface area contributed by atoms with Gasteiger partial charge in [0.05, 0.1) is 6.42 Å². The minimum atomic E-state index is -1.23. The summed E-state index contributed by atoms with van der Waals surface area (Å²) < 4.78 is 5.64. The Morgan fingerprint density at radius 1 is 0.794 bits per heavy atom. The highest BCUT2D eigenvalue weighted by Gasteiger charge is 2.29. The van der Waals surface area contributed by atoms with E-state index < -0.39 is 29.9 Å². The highest BCUT2D eigenvalue weighted by Crippen LogP contribution is 2.23. The van der Waals surface area contributed by atoms with Crippen LogP contribution >= 0.6 is 0 Å². The molecule has 0 aliphatic rings. The second-order valence-corrected chi connectivity index (χ2v) is 7.89. The predicted octanol–water partition coefficient (Wildman–Crippen LogP) is 4.03. The fourth-order valence-electron chi connectivity index (χ4n) is 3.59. The molecule has 0 saturated carbocycles. The van der Waals surface area contributed by atoms with Crippen LogP contribution < -0.4 is 10.1 Å². The average molecular weight is 462 g/mol. The van der Waals surface area contributed by atoms with E-state index in [1.165, 1.54) is 0 Å². The largest absolute Gasteiger partial charge is 0.481 e. The zero-order valence-electron chi connectivity index (χ0n) is 18.6. The fraction of sp³-hybridized carbons (Fsp3) is 0.222. The maximum Gasteiger partial charge on any atom is 0.344 e. The third-order valence-corrected chi connectivity index (χ3v) is 5.35. The van der Waals surface area contributed by atoms with E-state index in [4.69, 9.17) is 9.84 Å². The minimum Gasteiger partial charge on any atom is -0.481 e. The zero-order valence-corrected chi connectivity index (χ0v) is 18.6. The first-order valence-electron chi connectivity index (χ1n) is 11.0. The minimum absolute atomic E-state index is 0.0328. The molecule has 0 bridgehead atoms. The second kappa shape index (κ2) is 12.2. The fourth-order valence-corrected chi connectivity index (χ4v) is 3.59. The Kier molecular flexibility index (Phi) is 8.80. The number of carbonyl (C=O) groups is 3. The van der Waals surface area contributed by atoms with Gasteiger partial charge in [0.1, 0.15) is 5.75 Å². The van der Waals surface area contributed by atoms with E-state index in [-0.39, 0.29) is 25.8 Å². The number of aliphatic carboxylic acids is 2. The topological polar surface area (TPSA) is 113 Å². The van der Waals surface area contributed by atoms with Gasteiger partial charge in [-0.2, -0.15) is 0 Å². The third kappa shape index (κ3) is 7.48. The molecule has 7 nitrogen and oxygen atoms in total. The second-order valence-electron chi connectivity index (χ2n) is 7.89. The van der Waals surface area contributed by atoms with E-state index in [1.807, 2.05) is 54.6 Å². The Labute approximate surface area is 198 Å². The summed E-state index contributed by atoms with van der Waals surface area (Å²) >= 11 is 0. The number of ether oxygens (including phenoxy) is 1. The zero-order chi connectivity index (χ0) is 24.3. The van der Waals surface area contributed by atoms with Crippen molar-refractivity contribution in [2.24, 2.45) is 5.92 Å². The Bertz CT molecular complexity index is 1080. The number of rotatable bonds is 12. The van der Waals surface area contributed by atoms with Crippen molar-refractivity contribution in [2.75, 3.05) is 6.54 Å². The van der Waals surface area contributed by atoms with Gasteiger partial charge < -0.3 is 20.3 Å². The Hall–Kier alpha value is -4.13. The van der Waals surface area contributed by atoms with Gasteiger partial charge in [0.25, 0.3) is 0 Å². The van der Waals surface area contributed by atoms with Crippen molar-refractivity contribution in [3.8, 4) is 16.9 Å². The summed E-state index contributed by atoms with van der Waals surface area (Å²) in [5, 5.41) is 21.2. The van der Waals surface area contributed by atoms with Crippen molar-refractivity contribution < 1.29 is 29.3 Å². The van der Waals surface area contributed by atoms with E-state index in [2.05, 4.69) is 5.32 Å². The van der Waals surface area contributed by atoms with Crippen molar-refractivity contribution >= 4 is 17.8 Å². The molecule has 1 amide bonds. The van der Waals surface area contributed by atoms with Crippen LogP contribution in [0.5, 0.6) is 5.75 Å². The summed E-state index contributed by atoms with van der Waals surface area (Å²) in [5.41, 5.74) is 2.96. The van der Waals surface area contributed by atoms with Crippen LogP contribution in [0.4, 0.5) is 0 Å². The third-order valence-electron chi connectivity index (χ3n) is 5.35. The molecule has 3 N–H and O–H groups in total. The van der Waals surface area contributed by atoms with E-state index >= 15 is 0 Å². The van der Waals surface area contributed by atoms with Crippen LogP contribution in [0.2, 0.25) is 0 Å². The van der Waals surface area contributed by atoms with Crippen molar-refractivity contribution in [3.63, 3.8) is 0 Å². The van der Waals surface area contributed by atoms with Gasteiger partial charge in [-0.05, 0) is 35.2 Å². The van der Waals surface area contributed by atoms with Crippen LogP contribution in [0.25, 0.3) is 11.1 Å². The maximum absolute atomic E-state index is 12.9. The smallest absolute Gasteiger partial charge is 0.344 e. The van der Waals surface area contributed by atoms with Crippen molar-refractivity contribution in [3.05, 3.63) is 90.5 Å². The maximum atomic E-state index is 12.9. The number of amides is 1. The number of benzene rings is 3. The van der Waals surface area contributed by atoms with Crippen LogP contribution in [-0.4, -0.2) is 40.7 Å². The molecule has 3 aromatic rings.